The van der Waals surface area contributed by atoms with E-state index in [-0.39, 0.29) is 6.04 Å². The summed E-state index contributed by atoms with van der Waals surface area (Å²) in [5, 5.41) is 6.28. The lowest BCUT2D eigenvalue weighted by molar-refractivity contribution is 0.263. The van der Waals surface area contributed by atoms with Crippen molar-refractivity contribution in [2.75, 3.05) is 17.7 Å². The lowest BCUT2D eigenvalue weighted by atomic mass is 10.2. The second-order valence-electron chi connectivity index (χ2n) is 5.03. The van der Waals surface area contributed by atoms with Crippen LogP contribution in [0.5, 0.6) is 5.88 Å². The van der Waals surface area contributed by atoms with Crippen molar-refractivity contribution in [1.29, 1.82) is 0 Å². The van der Waals surface area contributed by atoms with Crippen LogP contribution in [-0.4, -0.2) is 16.6 Å². The smallest absolute Gasteiger partial charge is 0.239 e. The van der Waals surface area contributed by atoms with Gasteiger partial charge in [0.05, 0.1) is 18.3 Å². The minimum absolute atomic E-state index is 0.101. The minimum Gasteiger partial charge on any atom is -0.476 e. The van der Waals surface area contributed by atoms with Gasteiger partial charge in [-0.2, -0.15) is 4.98 Å². The Morgan fingerprint density at radius 3 is 2.80 bits per heavy atom. The first-order valence-electron chi connectivity index (χ1n) is 6.61. The Labute approximate surface area is 123 Å². The molecule has 0 fully saturated rings. The maximum Gasteiger partial charge on any atom is 0.239 e. The summed E-state index contributed by atoms with van der Waals surface area (Å²) < 4.78 is 5.62. The van der Waals surface area contributed by atoms with E-state index in [9.17, 15) is 0 Å². The first kappa shape index (κ1) is 14.6. The summed E-state index contributed by atoms with van der Waals surface area (Å²) in [7, 11) is 0. The number of nitrogens with one attached hydrogen (secondary N) is 1. The largest absolute Gasteiger partial charge is 0.476 e. The fourth-order valence-corrected chi connectivity index (χ4v) is 2.27. The number of pyridine rings is 1. The van der Waals surface area contributed by atoms with Crippen LogP contribution in [0, 0.1) is 5.92 Å². The monoisotopic (exact) mass is 292 g/mol. The van der Waals surface area contributed by atoms with Crippen LogP contribution >= 0.6 is 11.3 Å². The van der Waals surface area contributed by atoms with E-state index in [2.05, 4.69) is 29.1 Å². The van der Waals surface area contributed by atoms with Crippen molar-refractivity contribution in [3.05, 3.63) is 28.7 Å². The molecule has 108 valence electrons. The zero-order chi connectivity index (χ0) is 14.5. The number of ether oxygens (including phenoxy) is 1. The van der Waals surface area contributed by atoms with Crippen LogP contribution in [-0.2, 0) is 0 Å². The van der Waals surface area contributed by atoms with Crippen molar-refractivity contribution in [1.82, 2.24) is 9.97 Å². The van der Waals surface area contributed by atoms with E-state index >= 15 is 0 Å². The number of nitrogens with zero attached hydrogens (tertiary/aromatic N) is 2. The molecule has 0 bridgehead atoms. The molecule has 0 aliphatic heterocycles. The Bertz CT molecular complexity index is 542. The lowest BCUT2D eigenvalue weighted by Crippen LogP contribution is -2.11. The molecule has 5 nitrogen and oxygen atoms in total. The summed E-state index contributed by atoms with van der Waals surface area (Å²) in [6.07, 6.45) is 1.80. The molecule has 0 aliphatic carbocycles. The van der Waals surface area contributed by atoms with Gasteiger partial charge in [0, 0.05) is 11.6 Å². The molecule has 3 N–H and O–H groups in total. The van der Waals surface area contributed by atoms with Gasteiger partial charge in [0.1, 0.15) is 10.8 Å². The molecule has 0 aliphatic rings. The summed E-state index contributed by atoms with van der Waals surface area (Å²) in [4.78, 5) is 8.70. The highest BCUT2D eigenvalue weighted by Crippen LogP contribution is 2.25. The maximum atomic E-state index is 5.88. The second kappa shape index (κ2) is 6.56. The van der Waals surface area contributed by atoms with Gasteiger partial charge < -0.3 is 15.8 Å². The van der Waals surface area contributed by atoms with E-state index in [0.29, 0.717) is 24.1 Å². The number of nitrogen functional groups attached to an aromatic ring is 1. The first-order chi connectivity index (χ1) is 9.56. The highest BCUT2D eigenvalue weighted by atomic mass is 32.1. The molecule has 2 heterocycles. The Balaban J connectivity index is 2.06. The number of hydrogen-bond acceptors (Lipinski definition) is 6. The van der Waals surface area contributed by atoms with E-state index in [4.69, 9.17) is 10.5 Å². The third-order valence-corrected chi connectivity index (χ3v) is 3.59. The van der Waals surface area contributed by atoms with Crippen molar-refractivity contribution >= 4 is 22.8 Å². The fraction of sp³-hybridized carbons (Fsp3) is 0.429. The molecular formula is C14H20N4OS. The fourth-order valence-electron chi connectivity index (χ4n) is 1.62. The molecule has 1 atom stereocenters. The summed E-state index contributed by atoms with van der Waals surface area (Å²) in [5.74, 6) is 1.65. The number of rotatable bonds is 6. The van der Waals surface area contributed by atoms with Crippen LogP contribution in [0.4, 0.5) is 11.5 Å². The molecule has 6 heteroatoms. The zero-order valence-corrected chi connectivity index (χ0v) is 12.8. The van der Waals surface area contributed by atoms with E-state index in [1.54, 1.807) is 23.6 Å². The third-order valence-electron chi connectivity index (χ3n) is 2.63. The summed E-state index contributed by atoms with van der Waals surface area (Å²) in [6.45, 7) is 6.82. The molecule has 0 saturated heterocycles. The number of nitrogens with two attached hydrogens (primary N) is 1. The molecule has 20 heavy (non-hydrogen) atoms. The van der Waals surface area contributed by atoms with Gasteiger partial charge in [-0.15, -0.1) is 11.3 Å². The van der Waals surface area contributed by atoms with Crippen molar-refractivity contribution in [2.45, 2.75) is 26.8 Å². The average molecular weight is 292 g/mol. The molecule has 0 aromatic carbocycles. The highest BCUT2D eigenvalue weighted by Gasteiger charge is 2.11. The normalized spacial score (nSPS) is 12.4. The van der Waals surface area contributed by atoms with Crippen LogP contribution in [0.3, 0.4) is 0 Å². The van der Waals surface area contributed by atoms with Crippen molar-refractivity contribution in [3.8, 4) is 5.88 Å². The number of aromatic nitrogens is 2. The van der Waals surface area contributed by atoms with Gasteiger partial charge in [0.15, 0.2) is 0 Å². The van der Waals surface area contributed by atoms with E-state index in [1.807, 2.05) is 18.4 Å². The lowest BCUT2D eigenvalue weighted by Gasteiger charge is -2.15. The topological polar surface area (TPSA) is 73.1 Å². The van der Waals surface area contributed by atoms with Crippen LogP contribution < -0.4 is 15.8 Å². The Hall–Kier alpha value is -1.82. The molecule has 0 saturated carbocycles. The molecule has 0 spiro atoms. The van der Waals surface area contributed by atoms with E-state index < -0.39 is 0 Å². The average Bonchev–Trinajstić information content (AvgIpc) is 2.93. The molecule has 2 aromatic heterocycles. The predicted octanol–water partition coefficient (Wildman–Crippen LogP) is 3.33. The highest BCUT2D eigenvalue weighted by molar-refractivity contribution is 7.09. The van der Waals surface area contributed by atoms with Crippen molar-refractivity contribution < 1.29 is 4.74 Å². The van der Waals surface area contributed by atoms with E-state index in [0.717, 1.165) is 10.8 Å². The van der Waals surface area contributed by atoms with Crippen molar-refractivity contribution in [3.63, 3.8) is 0 Å². The second-order valence-corrected chi connectivity index (χ2v) is 5.96. The predicted molar refractivity (Wildman–Crippen MR) is 83.1 cm³/mol. The van der Waals surface area contributed by atoms with Crippen LogP contribution in [0.2, 0.25) is 0 Å². The van der Waals surface area contributed by atoms with Gasteiger partial charge in [-0.05, 0) is 25.0 Å². The molecule has 0 radical (unpaired) electrons. The van der Waals surface area contributed by atoms with Gasteiger partial charge >= 0.3 is 0 Å². The molecule has 2 rings (SSSR count). The first-order valence-corrected chi connectivity index (χ1v) is 7.49. The maximum absolute atomic E-state index is 5.88. The zero-order valence-electron chi connectivity index (χ0n) is 12.0. The van der Waals surface area contributed by atoms with Crippen LogP contribution in [0.25, 0.3) is 0 Å². The molecule has 1 unspecified atom stereocenters. The summed E-state index contributed by atoms with van der Waals surface area (Å²) >= 11 is 1.61. The molecule has 0 amide bonds. The van der Waals surface area contributed by atoms with E-state index in [1.165, 1.54) is 0 Å². The Morgan fingerprint density at radius 1 is 1.35 bits per heavy atom. The number of anilines is 2. The van der Waals surface area contributed by atoms with Gasteiger partial charge in [-0.25, -0.2) is 4.98 Å². The SMILES string of the molecule is CC(C)COc1nc(NC(C)c2nccs2)ccc1N. The minimum atomic E-state index is 0.101. The summed E-state index contributed by atoms with van der Waals surface area (Å²) in [5.41, 5.74) is 6.43. The van der Waals surface area contributed by atoms with Crippen LogP contribution in [0.15, 0.2) is 23.7 Å². The number of thiazole rings is 1. The third kappa shape index (κ3) is 3.84. The summed E-state index contributed by atoms with van der Waals surface area (Å²) in [6, 6.07) is 3.75. The van der Waals surface area contributed by atoms with Gasteiger partial charge in [-0.3, -0.25) is 0 Å². The standard InChI is InChI=1S/C14H20N4OS/c1-9(2)8-19-13-11(15)4-5-12(18-13)17-10(3)14-16-6-7-20-14/h4-7,9-10H,8,15H2,1-3H3,(H,17,18). The Kier molecular flexibility index (Phi) is 4.79. The quantitative estimate of drug-likeness (QED) is 0.854. The van der Waals surface area contributed by atoms with Crippen LogP contribution in [0.1, 0.15) is 31.8 Å². The number of hydrogen-bond donors (Lipinski definition) is 2. The van der Waals surface area contributed by atoms with Gasteiger partial charge in [0.25, 0.3) is 0 Å². The molecular weight excluding hydrogens is 272 g/mol. The molecule has 2 aromatic rings. The van der Waals surface area contributed by atoms with Gasteiger partial charge in [-0.1, -0.05) is 13.8 Å². The van der Waals surface area contributed by atoms with Gasteiger partial charge in [0.2, 0.25) is 5.88 Å². The van der Waals surface area contributed by atoms with Crippen molar-refractivity contribution in [2.24, 2.45) is 5.92 Å². The Morgan fingerprint density at radius 2 is 2.15 bits per heavy atom.